The molecule has 0 aliphatic carbocycles. The summed E-state index contributed by atoms with van der Waals surface area (Å²) in [4.78, 5) is 15.7. The first-order chi connectivity index (χ1) is 13.0. The van der Waals surface area contributed by atoms with Gasteiger partial charge in [-0.3, -0.25) is 9.20 Å². The van der Waals surface area contributed by atoms with Gasteiger partial charge in [-0.15, -0.1) is 0 Å². The van der Waals surface area contributed by atoms with Crippen LogP contribution in [-0.4, -0.2) is 30.5 Å². The predicted molar refractivity (Wildman–Crippen MR) is 107 cm³/mol. The normalized spacial score (nSPS) is 11.6. The van der Waals surface area contributed by atoms with Crippen molar-refractivity contribution in [2.45, 2.75) is 4.90 Å². The van der Waals surface area contributed by atoms with E-state index in [-0.39, 0.29) is 4.90 Å². The number of aromatic nitrogens is 2. The molecule has 6 nitrogen and oxygen atoms in total. The van der Waals surface area contributed by atoms with Crippen LogP contribution in [0, 0.1) is 0 Å². The summed E-state index contributed by atoms with van der Waals surface area (Å²) in [6.07, 6.45) is 5.47. The molecular formula is C19H15N3O3S2. The lowest BCUT2D eigenvalue weighted by Gasteiger charge is -2.09. The standard InChI is InChI=1S/C19H15N3O3S2/c1-27(24,25)16-4-2-13(3-5-16)18-9-20-19-17(21-12-23)8-15(10-22(18)19)14-6-7-26-11-14/h2-12H,1H3,(H,21,23). The van der Waals surface area contributed by atoms with Crippen molar-refractivity contribution in [3.05, 3.63) is 59.6 Å². The summed E-state index contributed by atoms with van der Waals surface area (Å²) in [5, 5.41) is 6.73. The maximum Gasteiger partial charge on any atom is 0.211 e. The van der Waals surface area contributed by atoms with Crippen LogP contribution in [0.1, 0.15) is 0 Å². The summed E-state index contributed by atoms with van der Waals surface area (Å²) in [7, 11) is -3.25. The molecule has 4 aromatic rings. The molecule has 0 unspecified atom stereocenters. The number of rotatable bonds is 5. The van der Waals surface area contributed by atoms with E-state index >= 15 is 0 Å². The van der Waals surface area contributed by atoms with Crippen LogP contribution in [0.15, 0.2) is 64.4 Å². The fraction of sp³-hybridized carbons (Fsp3) is 0.0526. The molecule has 8 heteroatoms. The Morgan fingerprint density at radius 3 is 2.52 bits per heavy atom. The smallest absolute Gasteiger partial charge is 0.211 e. The Morgan fingerprint density at radius 1 is 1.11 bits per heavy atom. The molecule has 0 aliphatic heterocycles. The van der Waals surface area contributed by atoms with Gasteiger partial charge in [0.25, 0.3) is 0 Å². The highest BCUT2D eigenvalue weighted by Gasteiger charge is 2.13. The van der Waals surface area contributed by atoms with Crippen LogP contribution in [0.3, 0.4) is 0 Å². The lowest BCUT2D eigenvalue weighted by atomic mass is 10.1. The number of pyridine rings is 1. The first-order valence-corrected chi connectivity index (χ1v) is 10.8. The van der Waals surface area contributed by atoms with Gasteiger partial charge in [0.2, 0.25) is 6.41 Å². The molecule has 27 heavy (non-hydrogen) atoms. The number of thiophene rings is 1. The van der Waals surface area contributed by atoms with Gasteiger partial charge < -0.3 is 5.32 Å². The Balaban J connectivity index is 1.90. The van der Waals surface area contributed by atoms with Gasteiger partial charge in [-0.25, -0.2) is 13.4 Å². The molecule has 0 bridgehead atoms. The van der Waals surface area contributed by atoms with Gasteiger partial charge in [-0.2, -0.15) is 11.3 Å². The second kappa shape index (κ2) is 6.64. The van der Waals surface area contributed by atoms with Crippen molar-refractivity contribution in [3.63, 3.8) is 0 Å². The second-order valence-corrected chi connectivity index (χ2v) is 8.85. The van der Waals surface area contributed by atoms with Crippen LogP contribution in [0.25, 0.3) is 28.0 Å². The average molecular weight is 397 g/mol. The topological polar surface area (TPSA) is 80.5 Å². The van der Waals surface area contributed by atoms with Crippen molar-refractivity contribution < 1.29 is 13.2 Å². The van der Waals surface area contributed by atoms with E-state index in [9.17, 15) is 13.2 Å². The number of anilines is 1. The van der Waals surface area contributed by atoms with E-state index in [4.69, 9.17) is 0 Å². The van der Waals surface area contributed by atoms with Crippen molar-refractivity contribution >= 4 is 38.9 Å². The molecular weight excluding hydrogens is 382 g/mol. The number of imidazole rings is 1. The van der Waals surface area contributed by atoms with E-state index in [0.29, 0.717) is 17.7 Å². The molecule has 3 aromatic heterocycles. The molecule has 0 saturated heterocycles. The summed E-state index contributed by atoms with van der Waals surface area (Å²) < 4.78 is 25.3. The van der Waals surface area contributed by atoms with E-state index in [1.165, 1.54) is 6.26 Å². The van der Waals surface area contributed by atoms with Gasteiger partial charge in [0.1, 0.15) is 0 Å². The number of amides is 1. The SMILES string of the molecule is CS(=O)(=O)c1ccc(-c2cnc3c(NC=O)cc(-c4ccsc4)cn23)cc1. The van der Waals surface area contributed by atoms with Crippen LogP contribution < -0.4 is 5.32 Å². The summed E-state index contributed by atoms with van der Waals surface area (Å²) in [6, 6.07) is 10.6. The number of carbonyl (C=O) groups excluding carboxylic acids is 1. The Hall–Kier alpha value is -2.97. The van der Waals surface area contributed by atoms with E-state index in [1.54, 1.807) is 41.8 Å². The minimum atomic E-state index is -3.25. The maximum atomic E-state index is 11.7. The monoisotopic (exact) mass is 397 g/mol. The minimum absolute atomic E-state index is 0.266. The number of benzene rings is 1. The van der Waals surface area contributed by atoms with E-state index in [1.807, 2.05) is 33.5 Å². The summed E-state index contributed by atoms with van der Waals surface area (Å²) in [5.41, 5.74) is 4.84. The van der Waals surface area contributed by atoms with Crippen LogP contribution >= 0.6 is 11.3 Å². The summed E-state index contributed by atoms with van der Waals surface area (Å²) in [5.74, 6) is 0. The molecule has 0 spiro atoms. The van der Waals surface area contributed by atoms with E-state index in [2.05, 4.69) is 10.3 Å². The first-order valence-electron chi connectivity index (χ1n) is 8.02. The Morgan fingerprint density at radius 2 is 1.89 bits per heavy atom. The number of fused-ring (bicyclic) bond motifs is 1. The van der Waals surface area contributed by atoms with Crippen LogP contribution in [-0.2, 0) is 14.6 Å². The Labute approximate surface area is 160 Å². The summed E-state index contributed by atoms with van der Waals surface area (Å²) in [6.45, 7) is 0. The molecule has 1 aromatic carbocycles. The number of nitrogens with one attached hydrogen (secondary N) is 1. The van der Waals surface area contributed by atoms with Gasteiger partial charge in [0.05, 0.1) is 22.5 Å². The molecule has 4 rings (SSSR count). The van der Waals surface area contributed by atoms with Crippen LogP contribution in [0.2, 0.25) is 0 Å². The highest BCUT2D eigenvalue weighted by atomic mass is 32.2. The third-order valence-corrected chi connectivity index (χ3v) is 6.06. The van der Waals surface area contributed by atoms with Crippen LogP contribution in [0.4, 0.5) is 5.69 Å². The van der Waals surface area contributed by atoms with E-state index < -0.39 is 9.84 Å². The highest BCUT2D eigenvalue weighted by Crippen LogP contribution is 2.31. The molecule has 1 amide bonds. The predicted octanol–water partition coefficient (Wildman–Crippen LogP) is 3.70. The van der Waals surface area contributed by atoms with Gasteiger partial charge in [0, 0.05) is 23.6 Å². The third kappa shape index (κ3) is 3.24. The number of nitrogens with zero attached hydrogens (tertiary/aromatic N) is 2. The molecule has 136 valence electrons. The van der Waals surface area contributed by atoms with Gasteiger partial charge in [-0.05, 0) is 40.6 Å². The van der Waals surface area contributed by atoms with Crippen molar-refractivity contribution in [2.24, 2.45) is 0 Å². The molecule has 1 N–H and O–H groups in total. The number of hydrogen-bond acceptors (Lipinski definition) is 5. The zero-order valence-corrected chi connectivity index (χ0v) is 15.9. The van der Waals surface area contributed by atoms with Gasteiger partial charge >= 0.3 is 0 Å². The lowest BCUT2D eigenvalue weighted by Crippen LogP contribution is -2.00. The molecule has 0 fully saturated rings. The van der Waals surface area contributed by atoms with Crippen molar-refractivity contribution in [1.29, 1.82) is 0 Å². The molecule has 0 atom stereocenters. The van der Waals surface area contributed by atoms with Gasteiger partial charge in [0.15, 0.2) is 15.5 Å². The molecule has 3 heterocycles. The Kier molecular flexibility index (Phi) is 4.29. The first kappa shape index (κ1) is 17.4. The fourth-order valence-corrected chi connectivity index (χ4v) is 4.23. The zero-order valence-electron chi connectivity index (χ0n) is 14.3. The molecule has 0 radical (unpaired) electrons. The minimum Gasteiger partial charge on any atom is -0.326 e. The molecule has 0 saturated carbocycles. The maximum absolute atomic E-state index is 11.7. The summed E-state index contributed by atoms with van der Waals surface area (Å²) >= 11 is 1.59. The average Bonchev–Trinajstić information content (AvgIpc) is 3.31. The number of carbonyl (C=O) groups is 1. The van der Waals surface area contributed by atoms with Crippen molar-refractivity contribution in [3.8, 4) is 22.4 Å². The van der Waals surface area contributed by atoms with Gasteiger partial charge in [-0.1, -0.05) is 12.1 Å². The number of hydrogen-bond donors (Lipinski definition) is 1. The molecule has 0 aliphatic rings. The largest absolute Gasteiger partial charge is 0.326 e. The second-order valence-electron chi connectivity index (χ2n) is 6.05. The number of sulfone groups is 1. The van der Waals surface area contributed by atoms with Crippen molar-refractivity contribution in [1.82, 2.24) is 9.38 Å². The highest BCUT2D eigenvalue weighted by molar-refractivity contribution is 7.90. The zero-order chi connectivity index (χ0) is 19.0. The fourth-order valence-electron chi connectivity index (χ4n) is 2.93. The third-order valence-electron chi connectivity index (χ3n) is 4.25. The van der Waals surface area contributed by atoms with Crippen molar-refractivity contribution in [2.75, 3.05) is 11.6 Å². The lowest BCUT2D eigenvalue weighted by molar-refractivity contribution is -0.105. The quantitative estimate of drug-likeness (QED) is 0.521. The van der Waals surface area contributed by atoms with E-state index in [0.717, 1.165) is 22.4 Å². The Bertz CT molecular complexity index is 1230. The van der Waals surface area contributed by atoms with Crippen LogP contribution in [0.5, 0.6) is 0 Å².